The number of fused-ring (bicyclic) bond motifs is 1. The van der Waals surface area contributed by atoms with Gasteiger partial charge in [-0.25, -0.2) is 0 Å². The summed E-state index contributed by atoms with van der Waals surface area (Å²) in [5, 5.41) is 1.67. The Kier molecular flexibility index (Phi) is 3.06. The Morgan fingerprint density at radius 2 is 1.72 bits per heavy atom. The number of halogens is 2. The molecule has 18 heavy (non-hydrogen) atoms. The van der Waals surface area contributed by atoms with Crippen molar-refractivity contribution in [1.29, 1.82) is 0 Å². The van der Waals surface area contributed by atoms with Crippen LogP contribution in [0.3, 0.4) is 0 Å². The third-order valence-corrected chi connectivity index (χ3v) is 4.10. The predicted octanol–water partition coefficient (Wildman–Crippen LogP) is 5.32. The van der Waals surface area contributed by atoms with Gasteiger partial charge in [0.15, 0.2) is 0 Å². The second-order valence-corrected chi connectivity index (χ2v) is 5.25. The molecule has 88 valence electrons. The maximum Gasteiger partial charge on any atom is 0.0718 e. The molecule has 2 aromatic carbocycles. The third kappa shape index (κ3) is 2.02. The van der Waals surface area contributed by atoms with E-state index in [0.29, 0.717) is 5.02 Å². The van der Waals surface area contributed by atoms with E-state index in [4.69, 9.17) is 11.6 Å². The maximum absolute atomic E-state index is 6.30. The van der Waals surface area contributed by atoms with Gasteiger partial charge in [0.25, 0.3) is 0 Å². The van der Waals surface area contributed by atoms with Gasteiger partial charge in [0.05, 0.1) is 15.0 Å². The molecule has 1 nitrogen and oxygen atoms in total. The lowest BCUT2D eigenvalue weighted by Gasteiger charge is -2.06. The summed E-state index contributed by atoms with van der Waals surface area (Å²) in [6, 6.07) is 16.4. The van der Waals surface area contributed by atoms with Crippen LogP contribution in [0, 0.1) is 0 Å². The van der Waals surface area contributed by atoms with Crippen molar-refractivity contribution in [1.82, 2.24) is 4.98 Å². The van der Waals surface area contributed by atoms with Crippen molar-refractivity contribution in [3.8, 4) is 11.1 Å². The summed E-state index contributed by atoms with van der Waals surface area (Å²) in [4.78, 5) is 4.35. The minimum absolute atomic E-state index is 0.706. The predicted molar refractivity (Wildman–Crippen MR) is 79.9 cm³/mol. The highest BCUT2D eigenvalue weighted by Gasteiger charge is 2.06. The Balaban J connectivity index is 2.25. The van der Waals surface area contributed by atoms with E-state index in [0.717, 1.165) is 20.9 Å². The second-order valence-electron chi connectivity index (χ2n) is 4.02. The Hall–Kier alpha value is -1.38. The number of hydrogen-bond acceptors (Lipinski definition) is 1. The topological polar surface area (TPSA) is 12.9 Å². The zero-order valence-corrected chi connectivity index (χ0v) is 11.7. The molecule has 1 aromatic heterocycles. The van der Waals surface area contributed by atoms with Crippen molar-refractivity contribution >= 4 is 38.4 Å². The SMILES string of the molecule is Clc1c(Br)cnc2ccc(-c3ccccc3)cc12. The monoisotopic (exact) mass is 317 g/mol. The number of nitrogens with zero attached hydrogens (tertiary/aromatic N) is 1. The normalized spacial score (nSPS) is 10.8. The van der Waals surface area contributed by atoms with E-state index >= 15 is 0 Å². The van der Waals surface area contributed by atoms with Crippen molar-refractivity contribution in [2.75, 3.05) is 0 Å². The molecule has 0 aliphatic carbocycles. The fourth-order valence-electron chi connectivity index (χ4n) is 1.95. The van der Waals surface area contributed by atoms with Crippen LogP contribution >= 0.6 is 27.5 Å². The first kappa shape index (κ1) is 11.7. The smallest absolute Gasteiger partial charge is 0.0718 e. The standard InChI is InChI=1S/C15H9BrClN/c16-13-9-18-14-7-6-11(8-12(14)15(13)17)10-4-2-1-3-5-10/h1-9H. The molecule has 0 fully saturated rings. The molecule has 0 bridgehead atoms. The summed E-state index contributed by atoms with van der Waals surface area (Å²) >= 11 is 9.70. The molecular formula is C15H9BrClN. The number of aromatic nitrogens is 1. The molecule has 0 aliphatic rings. The van der Waals surface area contributed by atoms with E-state index in [-0.39, 0.29) is 0 Å². The number of rotatable bonds is 1. The van der Waals surface area contributed by atoms with Crippen LogP contribution < -0.4 is 0 Å². The fraction of sp³-hybridized carbons (Fsp3) is 0. The lowest BCUT2D eigenvalue weighted by molar-refractivity contribution is 1.39. The van der Waals surface area contributed by atoms with Crippen LogP contribution in [0.25, 0.3) is 22.0 Å². The van der Waals surface area contributed by atoms with Crippen molar-refractivity contribution in [3.05, 3.63) is 64.2 Å². The van der Waals surface area contributed by atoms with Gasteiger partial charge in [-0.3, -0.25) is 4.98 Å². The van der Waals surface area contributed by atoms with Crippen LogP contribution in [-0.4, -0.2) is 4.98 Å². The molecule has 0 unspecified atom stereocenters. The largest absolute Gasteiger partial charge is 0.255 e. The van der Waals surface area contributed by atoms with Crippen LogP contribution in [0.2, 0.25) is 5.02 Å². The Morgan fingerprint density at radius 1 is 0.944 bits per heavy atom. The van der Waals surface area contributed by atoms with Gasteiger partial charge in [0.2, 0.25) is 0 Å². The maximum atomic E-state index is 6.30. The van der Waals surface area contributed by atoms with Gasteiger partial charge in [-0.1, -0.05) is 48.0 Å². The first-order valence-corrected chi connectivity index (χ1v) is 6.72. The van der Waals surface area contributed by atoms with E-state index in [1.807, 2.05) is 24.3 Å². The van der Waals surface area contributed by atoms with Crippen LogP contribution in [0.4, 0.5) is 0 Å². The first-order valence-electron chi connectivity index (χ1n) is 5.55. The highest BCUT2D eigenvalue weighted by Crippen LogP contribution is 2.32. The molecule has 0 saturated carbocycles. The summed E-state index contributed by atoms with van der Waals surface area (Å²) in [6.45, 7) is 0. The zero-order valence-electron chi connectivity index (χ0n) is 9.40. The average Bonchev–Trinajstić information content (AvgIpc) is 2.44. The van der Waals surface area contributed by atoms with Gasteiger partial charge in [-0.15, -0.1) is 0 Å². The summed E-state index contributed by atoms with van der Waals surface area (Å²) in [5.74, 6) is 0. The molecule has 3 aromatic rings. The van der Waals surface area contributed by atoms with Crippen molar-refractivity contribution in [2.24, 2.45) is 0 Å². The molecule has 0 N–H and O–H groups in total. The van der Waals surface area contributed by atoms with Crippen LogP contribution in [0.1, 0.15) is 0 Å². The molecule has 0 aliphatic heterocycles. The summed E-state index contributed by atoms with van der Waals surface area (Å²) < 4.78 is 0.821. The molecule has 3 rings (SSSR count). The molecule has 0 saturated heterocycles. The summed E-state index contributed by atoms with van der Waals surface area (Å²) in [7, 11) is 0. The third-order valence-electron chi connectivity index (χ3n) is 2.87. The highest BCUT2D eigenvalue weighted by atomic mass is 79.9. The molecular weight excluding hydrogens is 310 g/mol. The Bertz CT molecular complexity index is 710. The Morgan fingerprint density at radius 3 is 2.50 bits per heavy atom. The quantitative estimate of drug-likeness (QED) is 0.592. The number of benzene rings is 2. The summed E-state index contributed by atoms with van der Waals surface area (Å²) in [6.07, 6.45) is 1.73. The minimum atomic E-state index is 0.706. The van der Waals surface area contributed by atoms with E-state index in [2.05, 4.69) is 45.2 Å². The van der Waals surface area contributed by atoms with Crippen LogP contribution in [-0.2, 0) is 0 Å². The zero-order chi connectivity index (χ0) is 12.5. The van der Waals surface area contributed by atoms with E-state index in [1.54, 1.807) is 6.20 Å². The Labute approximate surface area is 119 Å². The fourth-order valence-corrected chi connectivity index (χ4v) is 2.46. The van der Waals surface area contributed by atoms with Gasteiger partial charge in [-0.05, 0) is 39.2 Å². The average molecular weight is 319 g/mol. The molecule has 3 heteroatoms. The van der Waals surface area contributed by atoms with E-state index in [9.17, 15) is 0 Å². The van der Waals surface area contributed by atoms with E-state index in [1.165, 1.54) is 5.56 Å². The molecule has 0 radical (unpaired) electrons. The number of pyridine rings is 1. The van der Waals surface area contributed by atoms with E-state index < -0.39 is 0 Å². The minimum Gasteiger partial charge on any atom is -0.255 e. The van der Waals surface area contributed by atoms with Crippen LogP contribution in [0.15, 0.2) is 59.2 Å². The lowest BCUT2D eigenvalue weighted by atomic mass is 10.0. The van der Waals surface area contributed by atoms with Crippen molar-refractivity contribution < 1.29 is 0 Å². The van der Waals surface area contributed by atoms with Gasteiger partial charge in [0, 0.05) is 11.6 Å². The molecule has 0 atom stereocenters. The van der Waals surface area contributed by atoms with Crippen molar-refractivity contribution in [2.45, 2.75) is 0 Å². The van der Waals surface area contributed by atoms with Gasteiger partial charge >= 0.3 is 0 Å². The molecule has 0 spiro atoms. The molecule has 1 heterocycles. The van der Waals surface area contributed by atoms with Gasteiger partial charge < -0.3 is 0 Å². The summed E-state index contributed by atoms with van der Waals surface area (Å²) in [5.41, 5.74) is 3.23. The lowest BCUT2D eigenvalue weighted by Crippen LogP contribution is -1.83. The van der Waals surface area contributed by atoms with Gasteiger partial charge in [-0.2, -0.15) is 0 Å². The number of hydrogen-bond donors (Lipinski definition) is 0. The highest BCUT2D eigenvalue weighted by molar-refractivity contribution is 9.10. The van der Waals surface area contributed by atoms with Crippen molar-refractivity contribution in [3.63, 3.8) is 0 Å². The molecule has 0 amide bonds. The second kappa shape index (κ2) is 4.71. The van der Waals surface area contributed by atoms with Gasteiger partial charge in [0.1, 0.15) is 0 Å². The van der Waals surface area contributed by atoms with Crippen LogP contribution in [0.5, 0.6) is 0 Å². The first-order chi connectivity index (χ1) is 8.75.